The molecule has 0 saturated carbocycles. The first-order chi connectivity index (χ1) is 6.89. The Balaban J connectivity index is 1.96. The lowest BCUT2D eigenvalue weighted by molar-refractivity contribution is -0.460. The Morgan fingerprint density at radius 1 is 1.07 bits per heavy atom. The van der Waals surface area contributed by atoms with Crippen LogP contribution in [-0.2, 0) is 20.2 Å². The lowest BCUT2D eigenvalue weighted by Gasteiger charge is -2.45. The zero-order chi connectivity index (χ0) is 9.43. The molecule has 0 aliphatic carbocycles. The van der Waals surface area contributed by atoms with E-state index in [0.29, 0.717) is 25.7 Å². The number of aromatic nitrogens is 1. The predicted molar refractivity (Wildman–Crippen MR) is 47.3 cm³/mol. The summed E-state index contributed by atoms with van der Waals surface area (Å²) < 4.78 is 16.7. The van der Waals surface area contributed by atoms with Gasteiger partial charge in [0.05, 0.1) is 19.8 Å². The van der Waals surface area contributed by atoms with E-state index in [9.17, 15) is 0 Å². The van der Waals surface area contributed by atoms with Gasteiger partial charge in [0, 0.05) is 23.9 Å². The van der Waals surface area contributed by atoms with Crippen molar-refractivity contribution in [2.24, 2.45) is 5.92 Å². The highest BCUT2D eigenvalue weighted by atomic mass is 16.9. The van der Waals surface area contributed by atoms with Gasteiger partial charge >= 0.3 is 5.97 Å². The van der Waals surface area contributed by atoms with Gasteiger partial charge in [0.15, 0.2) is 0 Å². The molecule has 3 aliphatic heterocycles. The number of fused-ring (bicyclic) bond motifs is 3. The minimum atomic E-state index is -0.961. The molecule has 74 valence electrons. The maximum atomic E-state index is 5.58. The molecule has 0 unspecified atom stereocenters. The molecule has 3 aliphatic rings. The van der Waals surface area contributed by atoms with Crippen LogP contribution in [0.2, 0.25) is 0 Å². The van der Waals surface area contributed by atoms with Gasteiger partial charge in [-0.2, -0.15) is 0 Å². The van der Waals surface area contributed by atoms with Crippen molar-refractivity contribution in [3.05, 3.63) is 30.1 Å². The van der Waals surface area contributed by atoms with E-state index >= 15 is 0 Å². The fraction of sp³-hybridized carbons (Fsp3) is 0.500. The Kier molecular flexibility index (Phi) is 1.80. The van der Waals surface area contributed by atoms with E-state index in [2.05, 4.69) is 4.98 Å². The van der Waals surface area contributed by atoms with Gasteiger partial charge in [-0.3, -0.25) is 4.98 Å². The van der Waals surface area contributed by atoms with Gasteiger partial charge in [0.2, 0.25) is 0 Å². The number of nitrogens with zero attached hydrogens (tertiary/aromatic N) is 1. The molecule has 1 aromatic heterocycles. The second-order valence-electron chi connectivity index (χ2n) is 3.59. The standard InChI is InChI=1S/C10H11NO3/c1-3-11-4-2-9(1)10-12-5-8(6-13-10)7-14-10/h1-4,8H,5-7H2. The van der Waals surface area contributed by atoms with E-state index in [1.165, 1.54) is 0 Å². The van der Waals surface area contributed by atoms with Crippen LogP contribution in [0.25, 0.3) is 0 Å². The third-order valence-electron chi connectivity index (χ3n) is 2.56. The summed E-state index contributed by atoms with van der Waals surface area (Å²) in [7, 11) is 0. The molecule has 4 rings (SSSR count). The van der Waals surface area contributed by atoms with Crippen LogP contribution in [0.3, 0.4) is 0 Å². The molecule has 0 atom stereocenters. The zero-order valence-corrected chi connectivity index (χ0v) is 7.68. The second kappa shape index (κ2) is 3.02. The van der Waals surface area contributed by atoms with E-state index in [0.717, 1.165) is 5.56 Å². The molecule has 3 fully saturated rings. The third-order valence-corrected chi connectivity index (χ3v) is 2.56. The molecule has 0 radical (unpaired) electrons. The minimum absolute atomic E-state index is 0.388. The first kappa shape index (κ1) is 8.35. The average Bonchev–Trinajstić information content (AvgIpc) is 2.33. The van der Waals surface area contributed by atoms with Crippen LogP contribution in [0.4, 0.5) is 0 Å². The summed E-state index contributed by atoms with van der Waals surface area (Å²) in [4.78, 5) is 3.95. The normalized spacial score (nSPS) is 35.9. The second-order valence-corrected chi connectivity index (χ2v) is 3.59. The first-order valence-electron chi connectivity index (χ1n) is 4.71. The van der Waals surface area contributed by atoms with Crippen molar-refractivity contribution in [1.82, 2.24) is 4.98 Å². The number of ether oxygens (including phenoxy) is 3. The summed E-state index contributed by atoms with van der Waals surface area (Å²) in [6, 6.07) is 3.71. The van der Waals surface area contributed by atoms with Crippen LogP contribution in [0.15, 0.2) is 24.5 Å². The van der Waals surface area contributed by atoms with Gasteiger partial charge < -0.3 is 14.2 Å². The number of hydrogen-bond donors (Lipinski definition) is 0. The van der Waals surface area contributed by atoms with Crippen molar-refractivity contribution in [2.45, 2.75) is 5.97 Å². The van der Waals surface area contributed by atoms with E-state index in [-0.39, 0.29) is 0 Å². The van der Waals surface area contributed by atoms with Crippen LogP contribution in [0, 0.1) is 5.92 Å². The summed E-state index contributed by atoms with van der Waals surface area (Å²) >= 11 is 0. The van der Waals surface area contributed by atoms with Crippen LogP contribution in [0.5, 0.6) is 0 Å². The fourth-order valence-corrected chi connectivity index (χ4v) is 1.76. The molecule has 1 aromatic rings. The number of pyridine rings is 1. The smallest absolute Gasteiger partial charge is 0.312 e. The highest BCUT2D eigenvalue weighted by molar-refractivity contribution is 5.15. The van der Waals surface area contributed by atoms with Crippen molar-refractivity contribution in [2.75, 3.05) is 19.8 Å². The van der Waals surface area contributed by atoms with Crippen LogP contribution in [-0.4, -0.2) is 24.8 Å². The molecule has 4 heterocycles. The maximum absolute atomic E-state index is 5.58. The van der Waals surface area contributed by atoms with Gasteiger partial charge in [-0.05, 0) is 12.1 Å². The van der Waals surface area contributed by atoms with Gasteiger partial charge in [-0.15, -0.1) is 0 Å². The van der Waals surface area contributed by atoms with Gasteiger partial charge in [0.1, 0.15) is 0 Å². The van der Waals surface area contributed by atoms with Crippen molar-refractivity contribution in [1.29, 1.82) is 0 Å². The highest BCUT2D eigenvalue weighted by Gasteiger charge is 2.46. The summed E-state index contributed by atoms with van der Waals surface area (Å²) in [6.07, 6.45) is 3.42. The zero-order valence-electron chi connectivity index (χ0n) is 7.68. The summed E-state index contributed by atoms with van der Waals surface area (Å²) in [6.45, 7) is 2.13. The Labute approximate surface area is 81.8 Å². The third kappa shape index (κ3) is 1.15. The van der Waals surface area contributed by atoms with Gasteiger partial charge in [-0.25, -0.2) is 0 Å². The Morgan fingerprint density at radius 3 is 2.21 bits per heavy atom. The molecule has 0 aromatic carbocycles. The molecule has 0 N–H and O–H groups in total. The van der Waals surface area contributed by atoms with Crippen molar-refractivity contribution in [3.63, 3.8) is 0 Å². The molecule has 0 amide bonds. The van der Waals surface area contributed by atoms with Crippen LogP contribution < -0.4 is 0 Å². The lowest BCUT2D eigenvalue weighted by atomic mass is 10.1. The molecule has 4 heteroatoms. The lowest BCUT2D eigenvalue weighted by Crippen LogP contribution is -2.51. The summed E-state index contributed by atoms with van der Waals surface area (Å²) in [5.74, 6) is -0.573. The van der Waals surface area contributed by atoms with E-state index in [1.807, 2.05) is 12.1 Å². The molecule has 0 spiro atoms. The number of rotatable bonds is 1. The maximum Gasteiger partial charge on any atom is 0.312 e. The first-order valence-corrected chi connectivity index (χ1v) is 4.71. The Hall–Kier alpha value is -0.970. The largest absolute Gasteiger partial charge is 0.323 e. The molecule has 3 saturated heterocycles. The minimum Gasteiger partial charge on any atom is -0.323 e. The molecule has 14 heavy (non-hydrogen) atoms. The monoisotopic (exact) mass is 193 g/mol. The summed E-state index contributed by atoms with van der Waals surface area (Å²) in [5.41, 5.74) is 0.880. The van der Waals surface area contributed by atoms with Crippen molar-refractivity contribution < 1.29 is 14.2 Å². The van der Waals surface area contributed by atoms with E-state index < -0.39 is 5.97 Å². The fourth-order valence-electron chi connectivity index (χ4n) is 1.76. The van der Waals surface area contributed by atoms with Gasteiger partial charge in [0.25, 0.3) is 0 Å². The van der Waals surface area contributed by atoms with Crippen LogP contribution >= 0.6 is 0 Å². The molecule has 4 nitrogen and oxygen atoms in total. The highest BCUT2D eigenvalue weighted by Crippen LogP contribution is 2.38. The van der Waals surface area contributed by atoms with Crippen LogP contribution in [0.1, 0.15) is 5.56 Å². The SMILES string of the molecule is c1cc(C23OCC(CO2)CO3)ccn1. The number of hydrogen-bond acceptors (Lipinski definition) is 4. The van der Waals surface area contributed by atoms with Crippen molar-refractivity contribution in [3.8, 4) is 0 Å². The Morgan fingerprint density at radius 2 is 1.64 bits per heavy atom. The Bertz CT molecular complexity index is 306. The topological polar surface area (TPSA) is 40.6 Å². The van der Waals surface area contributed by atoms with Gasteiger partial charge in [-0.1, -0.05) is 0 Å². The predicted octanol–water partition coefficient (Wildman–Crippen LogP) is 0.885. The molecular formula is C10H11NO3. The quantitative estimate of drug-likeness (QED) is 0.664. The van der Waals surface area contributed by atoms with Crippen molar-refractivity contribution >= 4 is 0 Å². The van der Waals surface area contributed by atoms with E-state index in [4.69, 9.17) is 14.2 Å². The van der Waals surface area contributed by atoms with E-state index in [1.54, 1.807) is 12.4 Å². The summed E-state index contributed by atoms with van der Waals surface area (Å²) in [5, 5.41) is 0. The average molecular weight is 193 g/mol. The molecular weight excluding hydrogens is 182 g/mol. The molecule has 2 bridgehead atoms.